The van der Waals surface area contributed by atoms with E-state index in [0.717, 1.165) is 31.2 Å². The molecule has 1 heterocycles. The van der Waals surface area contributed by atoms with Crippen LogP contribution < -0.4 is 5.32 Å². The van der Waals surface area contributed by atoms with Crippen LogP contribution in [-0.2, 0) is 9.53 Å². The molecule has 1 aliphatic rings. The van der Waals surface area contributed by atoms with E-state index < -0.39 is 12.1 Å². The number of furan rings is 1. The number of carbonyl (C=O) groups is 1. The summed E-state index contributed by atoms with van der Waals surface area (Å²) < 4.78 is 11.4. The first-order chi connectivity index (χ1) is 11.8. The van der Waals surface area contributed by atoms with Gasteiger partial charge in [0.25, 0.3) is 5.91 Å². The molecule has 2 atom stereocenters. The van der Waals surface area contributed by atoms with Crippen LogP contribution in [0.25, 0.3) is 0 Å². The number of hydrogen-bond donors (Lipinski definition) is 2. The van der Waals surface area contributed by atoms with Gasteiger partial charge in [-0.15, -0.1) is 0 Å². The Labute approximate surface area is 141 Å². The van der Waals surface area contributed by atoms with Crippen LogP contribution in [0.1, 0.15) is 49.2 Å². The Hall–Kier alpha value is -2.11. The fourth-order valence-electron chi connectivity index (χ4n) is 3.08. The molecule has 2 unspecified atom stereocenters. The average Bonchev–Trinajstić information content (AvgIpc) is 3.31. The van der Waals surface area contributed by atoms with E-state index in [1.165, 1.54) is 6.26 Å². The topological polar surface area (TPSA) is 71.7 Å². The number of nitrogens with one attached hydrogen (secondary N) is 1. The van der Waals surface area contributed by atoms with Gasteiger partial charge in [-0.1, -0.05) is 43.2 Å². The molecule has 1 aromatic carbocycles. The van der Waals surface area contributed by atoms with Crippen LogP contribution in [0, 0.1) is 0 Å². The van der Waals surface area contributed by atoms with Gasteiger partial charge in [0.2, 0.25) is 0 Å². The molecule has 3 rings (SSSR count). The zero-order chi connectivity index (χ0) is 16.8. The summed E-state index contributed by atoms with van der Waals surface area (Å²) in [6.45, 7) is -0.232. The summed E-state index contributed by atoms with van der Waals surface area (Å²) in [4.78, 5) is 12.8. The number of carbonyl (C=O) groups excluding carboxylic acids is 1. The molecule has 5 nitrogen and oxygen atoms in total. The molecule has 1 aromatic heterocycles. The minimum absolute atomic E-state index is 0.108. The van der Waals surface area contributed by atoms with Crippen molar-refractivity contribution in [3.63, 3.8) is 0 Å². The first-order valence-corrected chi connectivity index (χ1v) is 8.43. The predicted octanol–water partition coefficient (Wildman–Crippen LogP) is 3.13. The normalized spacial score (nSPS) is 17.5. The third-order valence-electron chi connectivity index (χ3n) is 4.36. The van der Waals surface area contributed by atoms with Gasteiger partial charge in [-0.2, -0.15) is 0 Å². The first-order valence-electron chi connectivity index (χ1n) is 8.43. The van der Waals surface area contributed by atoms with Crippen molar-refractivity contribution in [3.05, 3.63) is 60.1 Å². The molecule has 0 saturated heterocycles. The molecular formula is C19H23NO4. The molecular weight excluding hydrogens is 306 g/mol. The molecule has 5 heteroatoms. The van der Waals surface area contributed by atoms with E-state index in [4.69, 9.17) is 9.15 Å². The molecule has 0 aliphatic heterocycles. The van der Waals surface area contributed by atoms with Crippen molar-refractivity contribution in [1.29, 1.82) is 0 Å². The lowest BCUT2D eigenvalue weighted by atomic mass is 10.1. The number of benzene rings is 1. The summed E-state index contributed by atoms with van der Waals surface area (Å²) in [7, 11) is 0. The summed E-state index contributed by atoms with van der Waals surface area (Å²) in [5, 5.41) is 12.4. The maximum Gasteiger partial charge on any atom is 0.254 e. The van der Waals surface area contributed by atoms with Gasteiger partial charge in [0.1, 0.15) is 11.8 Å². The summed E-state index contributed by atoms with van der Waals surface area (Å²) >= 11 is 0. The van der Waals surface area contributed by atoms with Crippen LogP contribution in [0.2, 0.25) is 0 Å². The minimum atomic E-state index is -0.682. The Morgan fingerprint density at radius 3 is 2.58 bits per heavy atom. The summed E-state index contributed by atoms with van der Waals surface area (Å²) in [6, 6.07) is 12.4. The Morgan fingerprint density at radius 1 is 1.21 bits per heavy atom. The van der Waals surface area contributed by atoms with Crippen molar-refractivity contribution >= 4 is 5.91 Å². The minimum Gasteiger partial charge on any atom is -0.467 e. The quantitative estimate of drug-likeness (QED) is 0.818. The van der Waals surface area contributed by atoms with Gasteiger partial charge in [-0.25, -0.2) is 0 Å². The third kappa shape index (κ3) is 4.04. The number of amides is 1. The van der Waals surface area contributed by atoms with Crippen LogP contribution in [-0.4, -0.2) is 23.7 Å². The summed E-state index contributed by atoms with van der Waals surface area (Å²) in [5.41, 5.74) is 0.818. The lowest BCUT2D eigenvalue weighted by molar-refractivity contribution is -0.138. The lowest BCUT2D eigenvalue weighted by Crippen LogP contribution is -2.36. The van der Waals surface area contributed by atoms with Gasteiger partial charge < -0.3 is 19.6 Å². The average molecular weight is 329 g/mol. The molecule has 0 bridgehead atoms. The predicted molar refractivity (Wildman–Crippen MR) is 89.2 cm³/mol. The molecule has 1 fully saturated rings. The Morgan fingerprint density at radius 2 is 1.96 bits per heavy atom. The highest BCUT2D eigenvalue weighted by molar-refractivity contribution is 5.82. The molecule has 0 radical (unpaired) electrons. The van der Waals surface area contributed by atoms with Crippen LogP contribution in [0.4, 0.5) is 0 Å². The molecule has 1 saturated carbocycles. The number of ether oxygens (including phenoxy) is 1. The Bertz CT molecular complexity index is 620. The lowest BCUT2D eigenvalue weighted by Gasteiger charge is -2.24. The van der Waals surface area contributed by atoms with Crippen LogP contribution in [0.3, 0.4) is 0 Å². The van der Waals surface area contributed by atoms with Crippen molar-refractivity contribution in [2.24, 2.45) is 0 Å². The van der Waals surface area contributed by atoms with E-state index in [2.05, 4.69) is 5.32 Å². The molecule has 1 aliphatic carbocycles. The van der Waals surface area contributed by atoms with Crippen molar-refractivity contribution in [1.82, 2.24) is 5.32 Å². The second kappa shape index (κ2) is 8.13. The van der Waals surface area contributed by atoms with Gasteiger partial charge in [0.05, 0.1) is 19.0 Å². The standard InChI is InChI=1S/C19H23NO4/c21-13-16(17-11-6-12-23-17)20-19(22)18(14-7-2-1-3-8-14)24-15-9-4-5-10-15/h1-3,6-8,11-12,15-16,18,21H,4-5,9-10,13H2,(H,20,22). The van der Waals surface area contributed by atoms with E-state index in [-0.39, 0.29) is 18.6 Å². The molecule has 1 amide bonds. The molecule has 24 heavy (non-hydrogen) atoms. The summed E-state index contributed by atoms with van der Waals surface area (Å²) in [6.07, 6.45) is 5.19. The highest BCUT2D eigenvalue weighted by Crippen LogP contribution is 2.28. The maximum atomic E-state index is 12.8. The van der Waals surface area contributed by atoms with Gasteiger partial charge in [0.15, 0.2) is 6.10 Å². The van der Waals surface area contributed by atoms with Crippen LogP contribution in [0.5, 0.6) is 0 Å². The van der Waals surface area contributed by atoms with E-state index in [0.29, 0.717) is 5.76 Å². The number of hydrogen-bond acceptors (Lipinski definition) is 4. The second-order valence-electron chi connectivity index (χ2n) is 6.09. The van der Waals surface area contributed by atoms with Gasteiger partial charge >= 0.3 is 0 Å². The zero-order valence-electron chi connectivity index (χ0n) is 13.6. The van der Waals surface area contributed by atoms with Crippen molar-refractivity contribution in [2.45, 2.75) is 43.9 Å². The largest absolute Gasteiger partial charge is 0.467 e. The van der Waals surface area contributed by atoms with E-state index in [9.17, 15) is 9.90 Å². The van der Waals surface area contributed by atoms with Crippen molar-refractivity contribution < 1.29 is 19.1 Å². The van der Waals surface area contributed by atoms with Gasteiger partial charge in [-0.3, -0.25) is 4.79 Å². The monoisotopic (exact) mass is 329 g/mol. The van der Waals surface area contributed by atoms with Crippen LogP contribution >= 0.6 is 0 Å². The number of aliphatic hydroxyl groups is 1. The van der Waals surface area contributed by atoms with Crippen molar-refractivity contribution in [3.8, 4) is 0 Å². The fraction of sp³-hybridized carbons (Fsp3) is 0.421. The van der Waals surface area contributed by atoms with E-state index >= 15 is 0 Å². The highest BCUT2D eigenvalue weighted by Gasteiger charge is 2.29. The zero-order valence-corrected chi connectivity index (χ0v) is 13.6. The highest BCUT2D eigenvalue weighted by atomic mass is 16.5. The van der Waals surface area contributed by atoms with Crippen LogP contribution in [0.15, 0.2) is 53.1 Å². The fourth-order valence-corrected chi connectivity index (χ4v) is 3.08. The number of aliphatic hydroxyl groups excluding tert-OH is 1. The van der Waals surface area contributed by atoms with E-state index in [1.807, 2.05) is 30.3 Å². The Kier molecular flexibility index (Phi) is 5.67. The number of rotatable bonds is 7. The third-order valence-corrected chi connectivity index (χ3v) is 4.36. The second-order valence-corrected chi connectivity index (χ2v) is 6.09. The molecule has 2 aromatic rings. The smallest absolute Gasteiger partial charge is 0.254 e. The summed E-state index contributed by atoms with van der Waals surface area (Å²) in [5.74, 6) is 0.266. The first kappa shape index (κ1) is 16.7. The van der Waals surface area contributed by atoms with E-state index in [1.54, 1.807) is 12.1 Å². The van der Waals surface area contributed by atoms with Gasteiger partial charge in [-0.05, 0) is 30.5 Å². The van der Waals surface area contributed by atoms with Crippen molar-refractivity contribution in [2.75, 3.05) is 6.61 Å². The Balaban J connectivity index is 1.75. The maximum absolute atomic E-state index is 12.8. The molecule has 2 N–H and O–H groups in total. The molecule has 0 spiro atoms. The SMILES string of the molecule is O=C(NC(CO)c1ccco1)C(OC1CCCC1)c1ccccc1. The van der Waals surface area contributed by atoms with Gasteiger partial charge in [0, 0.05) is 0 Å². The molecule has 128 valence electrons.